The Kier molecular flexibility index (Phi) is 6.57. The lowest BCUT2D eigenvalue weighted by Gasteiger charge is -2.37. The SMILES string of the molecule is COc1ccc(C(NC(=O)CC2c3ccccc3CCN2C(C)=O)C(C)C)cc1. The number of nitrogens with one attached hydrogen (secondary N) is 1. The Hall–Kier alpha value is -2.82. The average molecular weight is 395 g/mol. The minimum absolute atomic E-state index is 0.00728. The van der Waals surface area contributed by atoms with Crippen LogP contribution >= 0.6 is 0 Å². The normalized spacial score (nSPS) is 16.9. The first-order valence-corrected chi connectivity index (χ1v) is 10.2. The van der Waals surface area contributed by atoms with Gasteiger partial charge in [0, 0.05) is 13.5 Å². The number of carbonyl (C=O) groups is 2. The number of ether oxygens (including phenoxy) is 1. The summed E-state index contributed by atoms with van der Waals surface area (Å²) in [5, 5.41) is 3.19. The number of benzene rings is 2. The molecule has 3 rings (SSSR count). The molecular formula is C24H30N2O3. The maximum absolute atomic E-state index is 13.0. The zero-order valence-electron chi connectivity index (χ0n) is 17.6. The second-order valence-corrected chi connectivity index (χ2v) is 7.94. The topological polar surface area (TPSA) is 58.6 Å². The minimum atomic E-state index is -0.221. The van der Waals surface area contributed by atoms with Crippen LogP contribution in [0.1, 0.15) is 56.0 Å². The molecule has 1 N–H and O–H groups in total. The molecule has 0 saturated carbocycles. The lowest BCUT2D eigenvalue weighted by Crippen LogP contribution is -2.42. The van der Waals surface area contributed by atoms with Crippen molar-refractivity contribution in [1.82, 2.24) is 10.2 Å². The highest BCUT2D eigenvalue weighted by atomic mass is 16.5. The van der Waals surface area contributed by atoms with Gasteiger partial charge in [-0.05, 0) is 41.2 Å². The maximum Gasteiger partial charge on any atom is 0.222 e. The van der Waals surface area contributed by atoms with Gasteiger partial charge in [0.25, 0.3) is 0 Å². The summed E-state index contributed by atoms with van der Waals surface area (Å²) >= 11 is 0. The van der Waals surface area contributed by atoms with E-state index in [0.717, 1.165) is 23.3 Å². The fourth-order valence-electron chi connectivity index (χ4n) is 4.10. The van der Waals surface area contributed by atoms with Gasteiger partial charge < -0.3 is 15.0 Å². The van der Waals surface area contributed by atoms with Crippen molar-refractivity contribution in [3.05, 3.63) is 65.2 Å². The highest BCUT2D eigenvalue weighted by Gasteiger charge is 2.31. The number of amides is 2. The molecule has 1 aliphatic heterocycles. The van der Waals surface area contributed by atoms with Crippen LogP contribution in [0.4, 0.5) is 0 Å². The molecule has 0 saturated heterocycles. The van der Waals surface area contributed by atoms with Crippen LogP contribution < -0.4 is 10.1 Å². The van der Waals surface area contributed by atoms with Crippen molar-refractivity contribution in [2.75, 3.05) is 13.7 Å². The quantitative estimate of drug-likeness (QED) is 0.804. The molecule has 1 heterocycles. The second kappa shape index (κ2) is 9.12. The predicted molar refractivity (Wildman–Crippen MR) is 114 cm³/mol. The molecule has 0 spiro atoms. The summed E-state index contributed by atoms with van der Waals surface area (Å²) in [6, 6.07) is 15.6. The predicted octanol–water partition coefficient (Wildman–Crippen LogP) is 4.04. The van der Waals surface area contributed by atoms with Gasteiger partial charge in [0.05, 0.1) is 25.6 Å². The smallest absolute Gasteiger partial charge is 0.222 e. The van der Waals surface area contributed by atoms with Crippen molar-refractivity contribution in [2.45, 2.75) is 45.7 Å². The van der Waals surface area contributed by atoms with Gasteiger partial charge in [-0.15, -0.1) is 0 Å². The molecule has 2 atom stereocenters. The minimum Gasteiger partial charge on any atom is -0.497 e. The van der Waals surface area contributed by atoms with E-state index < -0.39 is 0 Å². The largest absolute Gasteiger partial charge is 0.497 e. The van der Waals surface area contributed by atoms with Gasteiger partial charge in [0.1, 0.15) is 5.75 Å². The lowest BCUT2D eigenvalue weighted by molar-refractivity contribution is -0.133. The van der Waals surface area contributed by atoms with E-state index in [2.05, 4.69) is 25.2 Å². The number of methoxy groups -OCH3 is 1. The number of rotatable bonds is 6. The molecule has 154 valence electrons. The zero-order valence-corrected chi connectivity index (χ0v) is 17.6. The fraction of sp³-hybridized carbons (Fsp3) is 0.417. The van der Waals surface area contributed by atoms with Crippen LogP contribution in [0.25, 0.3) is 0 Å². The molecule has 0 radical (unpaired) electrons. The molecule has 29 heavy (non-hydrogen) atoms. The van der Waals surface area contributed by atoms with Gasteiger partial charge in [0.2, 0.25) is 11.8 Å². The van der Waals surface area contributed by atoms with E-state index in [4.69, 9.17) is 4.74 Å². The van der Waals surface area contributed by atoms with E-state index in [1.54, 1.807) is 14.0 Å². The van der Waals surface area contributed by atoms with Gasteiger partial charge in [-0.1, -0.05) is 50.2 Å². The standard InChI is InChI=1S/C24H30N2O3/c1-16(2)24(19-9-11-20(29-4)12-10-19)25-23(28)15-22-21-8-6-5-7-18(21)13-14-26(22)17(3)27/h5-12,16,22,24H,13-15H2,1-4H3,(H,25,28). The van der Waals surface area contributed by atoms with Crippen LogP contribution in [0.15, 0.2) is 48.5 Å². The summed E-state index contributed by atoms with van der Waals surface area (Å²) in [7, 11) is 1.64. The number of hydrogen-bond donors (Lipinski definition) is 1. The van der Waals surface area contributed by atoms with Gasteiger partial charge in [-0.3, -0.25) is 9.59 Å². The summed E-state index contributed by atoms with van der Waals surface area (Å²) in [5.41, 5.74) is 3.34. The number of nitrogens with zero attached hydrogens (tertiary/aromatic N) is 1. The maximum atomic E-state index is 13.0. The number of hydrogen-bond acceptors (Lipinski definition) is 3. The monoisotopic (exact) mass is 394 g/mol. The molecule has 5 nitrogen and oxygen atoms in total. The van der Waals surface area contributed by atoms with Crippen LogP contribution in [0, 0.1) is 5.92 Å². The first kappa shape index (κ1) is 20.9. The van der Waals surface area contributed by atoms with E-state index >= 15 is 0 Å². The van der Waals surface area contributed by atoms with E-state index in [-0.39, 0.29) is 36.2 Å². The molecule has 2 aromatic rings. The molecular weight excluding hydrogens is 364 g/mol. The van der Waals surface area contributed by atoms with Crippen LogP contribution in [-0.2, 0) is 16.0 Å². The summed E-state index contributed by atoms with van der Waals surface area (Å²) in [6.07, 6.45) is 1.09. The molecule has 5 heteroatoms. The fourth-order valence-corrected chi connectivity index (χ4v) is 4.10. The van der Waals surface area contributed by atoms with Crippen molar-refractivity contribution in [3.63, 3.8) is 0 Å². The molecule has 0 aromatic heterocycles. The third-order valence-electron chi connectivity index (χ3n) is 5.65. The third-order valence-corrected chi connectivity index (χ3v) is 5.65. The van der Waals surface area contributed by atoms with Gasteiger partial charge >= 0.3 is 0 Å². The first-order chi connectivity index (χ1) is 13.9. The Morgan fingerprint density at radius 2 is 1.83 bits per heavy atom. The van der Waals surface area contributed by atoms with E-state index in [1.807, 2.05) is 47.4 Å². The molecule has 0 fully saturated rings. The van der Waals surface area contributed by atoms with Gasteiger partial charge in [-0.25, -0.2) is 0 Å². The van der Waals surface area contributed by atoms with Gasteiger partial charge in [0.15, 0.2) is 0 Å². The summed E-state index contributed by atoms with van der Waals surface area (Å²) in [4.78, 5) is 27.0. The number of fused-ring (bicyclic) bond motifs is 1. The van der Waals surface area contributed by atoms with Crippen molar-refractivity contribution in [2.24, 2.45) is 5.92 Å². The van der Waals surface area contributed by atoms with E-state index in [0.29, 0.717) is 6.54 Å². The molecule has 1 aliphatic rings. The average Bonchev–Trinajstić information content (AvgIpc) is 2.72. The number of carbonyl (C=O) groups excluding carboxylic acids is 2. The zero-order chi connectivity index (χ0) is 21.0. The molecule has 2 aromatic carbocycles. The van der Waals surface area contributed by atoms with Crippen LogP contribution in [-0.4, -0.2) is 30.4 Å². The van der Waals surface area contributed by atoms with Crippen molar-refractivity contribution < 1.29 is 14.3 Å². The Morgan fingerprint density at radius 3 is 2.45 bits per heavy atom. The van der Waals surface area contributed by atoms with Crippen LogP contribution in [0.3, 0.4) is 0 Å². The lowest BCUT2D eigenvalue weighted by atomic mass is 9.90. The Labute approximate surface area is 173 Å². The van der Waals surface area contributed by atoms with E-state index in [9.17, 15) is 9.59 Å². The second-order valence-electron chi connectivity index (χ2n) is 7.94. The van der Waals surface area contributed by atoms with Crippen molar-refractivity contribution in [1.29, 1.82) is 0 Å². The van der Waals surface area contributed by atoms with E-state index in [1.165, 1.54) is 5.56 Å². The Balaban J connectivity index is 1.78. The van der Waals surface area contributed by atoms with Crippen molar-refractivity contribution >= 4 is 11.8 Å². The Morgan fingerprint density at radius 1 is 1.14 bits per heavy atom. The molecule has 2 amide bonds. The van der Waals surface area contributed by atoms with Crippen LogP contribution in [0.5, 0.6) is 5.75 Å². The van der Waals surface area contributed by atoms with Crippen LogP contribution in [0.2, 0.25) is 0 Å². The molecule has 2 unspecified atom stereocenters. The first-order valence-electron chi connectivity index (χ1n) is 10.2. The van der Waals surface area contributed by atoms with Gasteiger partial charge in [-0.2, -0.15) is 0 Å². The summed E-state index contributed by atoms with van der Waals surface area (Å²) < 4.78 is 5.23. The summed E-state index contributed by atoms with van der Waals surface area (Å²) in [6.45, 7) is 6.41. The third kappa shape index (κ3) is 4.78. The highest BCUT2D eigenvalue weighted by molar-refractivity contribution is 5.80. The van der Waals surface area contributed by atoms with Crippen molar-refractivity contribution in [3.8, 4) is 5.75 Å². The summed E-state index contributed by atoms with van der Waals surface area (Å²) in [5.74, 6) is 0.980. The molecule has 0 aliphatic carbocycles. The Bertz CT molecular complexity index is 861. The molecule has 0 bridgehead atoms. The highest BCUT2D eigenvalue weighted by Crippen LogP contribution is 2.33.